The molecule has 0 saturated carbocycles. The molecule has 20 heavy (non-hydrogen) atoms. The fourth-order valence-electron chi connectivity index (χ4n) is 1.54. The highest BCUT2D eigenvalue weighted by Crippen LogP contribution is 2.28. The van der Waals surface area contributed by atoms with Crippen LogP contribution in [0.1, 0.15) is 26.5 Å². The third-order valence-corrected chi connectivity index (χ3v) is 2.71. The van der Waals surface area contributed by atoms with Gasteiger partial charge < -0.3 is 5.11 Å². The minimum Gasteiger partial charge on any atom is -0.476 e. The predicted octanol–water partition coefficient (Wildman–Crippen LogP) is 1.30. The number of carbonyl (C=O) groups is 2. The first-order valence-corrected chi connectivity index (χ1v) is 5.43. The van der Waals surface area contributed by atoms with Gasteiger partial charge in [-0.25, -0.2) is 4.79 Å². The Kier molecular flexibility index (Phi) is 3.44. The standard InChI is InChI=1S/C10H5ClN4O5/c11-4-2-1-3-5(15(19)20)6(4)9(16)7-8(10(17)18)13-14-12-7/h1-3H,(H,17,18)(H,12,13,14). The summed E-state index contributed by atoms with van der Waals surface area (Å²) in [4.78, 5) is 33.2. The summed E-state index contributed by atoms with van der Waals surface area (Å²) in [5.74, 6) is -2.46. The van der Waals surface area contributed by atoms with Gasteiger partial charge in [-0.15, -0.1) is 5.10 Å². The van der Waals surface area contributed by atoms with Gasteiger partial charge in [-0.3, -0.25) is 20.0 Å². The van der Waals surface area contributed by atoms with Crippen LogP contribution in [0.25, 0.3) is 0 Å². The number of nitrogens with zero attached hydrogens (tertiary/aromatic N) is 3. The number of aromatic amines is 1. The Morgan fingerprint density at radius 1 is 1.40 bits per heavy atom. The number of benzene rings is 1. The number of aromatic carboxylic acids is 1. The summed E-state index contributed by atoms with van der Waals surface area (Å²) in [5, 5.41) is 28.2. The minimum absolute atomic E-state index is 0.177. The number of nitro groups is 1. The third kappa shape index (κ3) is 2.21. The molecule has 0 aliphatic rings. The highest BCUT2D eigenvalue weighted by atomic mass is 35.5. The van der Waals surface area contributed by atoms with Crippen molar-refractivity contribution in [3.63, 3.8) is 0 Å². The van der Waals surface area contributed by atoms with Crippen molar-refractivity contribution in [3.8, 4) is 0 Å². The van der Waals surface area contributed by atoms with Crippen molar-refractivity contribution >= 4 is 29.0 Å². The summed E-state index contributed by atoms with van der Waals surface area (Å²) in [6.45, 7) is 0. The number of carboxylic acids is 1. The van der Waals surface area contributed by atoms with Crippen LogP contribution in [0.15, 0.2) is 18.2 Å². The number of rotatable bonds is 4. The Morgan fingerprint density at radius 3 is 2.70 bits per heavy atom. The molecule has 102 valence electrons. The van der Waals surface area contributed by atoms with E-state index in [1.807, 2.05) is 5.10 Å². The topological polar surface area (TPSA) is 139 Å². The lowest BCUT2D eigenvalue weighted by molar-refractivity contribution is -0.385. The van der Waals surface area contributed by atoms with Gasteiger partial charge in [0, 0.05) is 6.07 Å². The third-order valence-electron chi connectivity index (χ3n) is 2.39. The summed E-state index contributed by atoms with van der Waals surface area (Å²) in [7, 11) is 0. The SMILES string of the molecule is O=C(O)c1[nH]nnc1C(=O)c1c(Cl)cccc1[N+](=O)[O-]. The lowest BCUT2D eigenvalue weighted by Gasteiger charge is -2.02. The van der Waals surface area contributed by atoms with E-state index in [4.69, 9.17) is 16.7 Å². The van der Waals surface area contributed by atoms with E-state index in [2.05, 4.69) is 10.3 Å². The second-order valence-corrected chi connectivity index (χ2v) is 3.97. The maximum Gasteiger partial charge on any atom is 0.356 e. The molecule has 9 nitrogen and oxygen atoms in total. The molecular weight excluding hydrogens is 292 g/mol. The predicted molar refractivity (Wildman–Crippen MR) is 64.9 cm³/mol. The van der Waals surface area contributed by atoms with Crippen molar-refractivity contribution in [3.05, 3.63) is 50.3 Å². The van der Waals surface area contributed by atoms with Crippen molar-refractivity contribution in [2.45, 2.75) is 0 Å². The lowest BCUT2D eigenvalue weighted by Crippen LogP contribution is -2.12. The van der Waals surface area contributed by atoms with E-state index in [0.717, 1.165) is 6.07 Å². The number of carboxylic acid groups (broad SMARTS) is 1. The van der Waals surface area contributed by atoms with Gasteiger partial charge in [0.05, 0.1) is 9.95 Å². The largest absolute Gasteiger partial charge is 0.476 e. The van der Waals surface area contributed by atoms with Crippen LogP contribution in [0.2, 0.25) is 5.02 Å². The van der Waals surface area contributed by atoms with E-state index in [-0.39, 0.29) is 5.02 Å². The van der Waals surface area contributed by atoms with Gasteiger partial charge >= 0.3 is 5.97 Å². The average Bonchev–Trinajstić information content (AvgIpc) is 2.86. The zero-order valence-electron chi connectivity index (χ0n) is 9.53. The van der Waals surface area contributed by atoms with Gasteiger partial charge in [-0.2, -0.15) is 0 Å². The summed E-state index contributed by atoms with van der Waals surface area (Å²) < 4.78 is 0. The Labute approximate surface area is 115 Å². The molecule has 1 aromatic carbocycles. The van der Waals surface area contributed by atoms with Crippen molar-refractivity contribution in [1.82, 2.24) is 15.4 Å². The van der Waals surface area contributed by atoms with Crippen molar-refractivity contribution in [2.24, 2.45) is 0 Å². The van der Waals surface area contributed by atoms with E-state index in [1.54, 1.807) is 0 Å². The molecule has 0 unspecified atom stereocenters. The van der Waals surface area contributed by atoms with Gasteiger partial charge in [0.2, 0.25) is 5.78 Å². The minimum atomic E-state index is -1.46. The van der Waals surface area contributed by atoms with Crippen LogP contribution in [0, 0.1) is 10.1 Å². The van der Waals surface area contributed by atoms with Crippen LogP contribution in [0.4, 0.5) is 5.69 Å². The molecule has 2 aromatic rings. The summed E-state index contributed by atoms with van der Waals surface area (Å²) in [5.41, 5.74) is -2.09. The normalized spacial score (nSPS) is 10.2. The summed E-state index contributed by atoms with van der Waals surface area (Å²) >= 11 is 5.79. The second-order valence-electron chi connectivity index (χ2n) is 3.56. The van der Waals surface area contributed by atoms with Gasteiger partial charge in [-0.1, -0.05) is 22.9 Å². The van der Waals surface area contributed by atoms with Gasteiger partial charge in [-0.05, 0) is 6.07 Å². The molecule has 0 saturated heterocycles. The fourth-order valence-corrected chi connectivity index (χ4v) is 1.80. The first-order valence-electron chi connectivity index (χ1n) is 5.05. The van der Waals surface area contributed by atoms with Crippen LogP contribution in [-0.4, -0.2) is 37.2 Å². The van der Waals surface area contributed by atoms with Gasteiger partial charge in [0.1, 0.15) is 5.56 Å². The molecule has 0 aliphatic carbocycles. The van der Waals surface area contributed by atoms with Gasteiger partial charge in [0.15, 0.2) is 11.4 Å². The van der Waals surface area contributed by atoms with Crippen molar-refractivity contribution in [2.75, 3.05) is 0 Å². The van der Waals surface area contributed by atoms with Crippen molar-refractivity contribution in [1.29, 1.82) is 0 Å². The van der Waals surface area contributed by atoms with Crippen LogP contribution in [0.3, 0.4) is 0 Å². The summed E-state index contributed by atoms with van der Waals surface area (Å²) in [6.07, 6.45) is 0. The fraction of sp³-hybridized carbons (Fsp3) is 0. The number of ketones is 1. The van der Waals surface area contributed by atoms with E-state index in [0.29, 0.717) is 0 Å². The van der Waals surface area contributed by atoms with E-state index in [1.165, 1.54) is 12.1 Å². The van der Waals surface area contributed by atoms with Crippen molar-refractivity contribution < 1.29 is 19.6 Å². The molecule has 0 bridgehead atoms. The molecule has 1 aromatic heterocycles. The number of aromatic nitrogens is 3. The van der Waals surface area contributed by atoms with Crippen LogP contribution >= 0.6 is 11.6 Å². The lowest BCUT2D eigenvalue weighted by atomic mass is 10.0. The Hall–Kier alpha value is -2.81. The number of hydrogen-bond acceptors (Lipinski definition) is 6. The molecular formula is C10H5ClN4O5. The number of H-pyrrole nitrogens is 1. The monoisotopic (exact) mass is 296 g/mol. The Morgan fingerprint density at radius 2 is 2.10 bits per heavy atom. The zero-order valence-corrected chi connectivity index (χ0v) is 10.3. The number of nitrogens with one attached hydrogen (secondary N) is 1. The molecule has 0 radical (unpaired) electrons. The zero-order chi connectivity index (χ0) is 14.9. The highest BCUT2D eigenvalue weighted by Gasteiger charge is 2.30. The number of halogens is 1. The van der Waals surface area contributed by atoms with E-state index >= 15 is 0 Å². The highest BCUT2D eigenvalue weighted by molar-refractivity contribution is 6.35. The molecule has 0 fully saturated rings. The maximum absolute atomic E-state index is 12.2. The van der Waals surface area contributed by atoms with Crippen LogP contribution < -0.4 is 0 Å². The molecule has 1 heterocycles. The molecule has 2 N–H and O–H groups in total. The first kappa shape index (κ1) is 13.6. The second kappa shape index (κ2) is 5.05. The van der Waals surface area contributed by atoms with Crippen LogP contribution in [-0.2, 0) is 0 Å². The Balaban J connectivity index is 2.62. The number of hydrogen-bond donors (Lipinski definition) is 2. The molecule has 0 atom stereocenters. The number of carbonyl (C=O) groups excluding carboxylic acids is 1. The maximum atomic E-state index is 12.2. The average molecular weight is 297 g/mol. The van der Waals surface area contributed by atoms with Crippen LogP contribution in [0.5, 0.6) is 0 Å². The molecule has 10 heteroatoms. The molecule has 0 aliphatic heterocycles. The molecule has 0 spiro atoms. The summed E-state index contributed by atoms with van der Waals surface area (Å²) in [6, 6.07) is 3.67. The smallest absolute Gasteiger partial charge is 0.356 e. The quantitative estimate of drug-likeness (QED) is 0.492. The first-order chi connectivity index (χ1) is 9.43. The number of nitro benzene ring substituents is 1. The van der Waals surface area contributed by atoms with E-state index in [9.17, 15) is 19.7 Å². The Bertz CT molecular complexity index is 726. The van der Waals surface area contributed by atoms with Gasteiger partial charge in [0.25, 0.3) is 5.69 Å². The molecule has 0 amide bonds. The molecule has 2 rings (SSSR count). The van der Waals surface area contributed by atoms with E-state index < -0.39 is 39.3 Å².